The molecule has 0 saturated heterocycles. The van der Waals surface area contributed by atoms with E-state index in [1.807, 2.05) is 6.07 Å². The minimum atomic E-state index is -0.809. The second-order valence-electron chi connectivity index (χ2n) is 6.89. The van der Waals surface area contributed by atoms with Crippen LogP contribution in [0, 0.1) is 0 Å². The van der Waals surface area contributed by atoms with Gasteiger partial charge >= 0.3 is 5.97 Å². The van der Waals surface area contributed by atoms with Gasteiger partial charge in [0, 0.05) is 20.6 Å². The first-order valence-electron chi connectivity index (χ1n) is 9.78. The topological polar surface area (TPSA) is 83.3 Å². The van der Waals surface area contributed by atoms with E-state index in [2.05, 4.69) is 26.0 Å². The number of nitrogens with zero attached hydrogens (tertiary/aromatic N) is 3. The van der Waals surface area contributed by atoms with Crippen LogP contribution in [0.3, 0.4) is 0 Å². The number of Topliss-reactive ketones (excluding diaryl/α,β-unsaturated/α-hetero) is 1. The molecule has 0 radical (unpaired) electrons. The van der Waals surface area contributed by atoms with Crippen LogP contribution in [0.1, 0.15) is 21.0 Å². The van der Waals surface area contributed by atoms with Gasteiger partial charge in [-0.3, -0.25) is 4.79 Å². The van der Waals surface area contributed by atoms with Gasteiger partial charge in [0.2, 0.25) is 0 Å². The quantitative estimate of drug-likeness (QED) is 0.237. The molecule has 0 unspecified atom stereocenters. The van der Waals surface area contributed by atoms with Gasteiger partial charge in [0.25, 0.3) is 5.82 Å². The lowest BCUT2D eigenvalue weighted by molar-refractivity contribution is 0.0462. The maximum atomic E-state index is 12.7. The lowest BCUT2D eigenvalue weighted by Gasteiger charge is -2.07. The number of carbonyl (C=O) groups excluding carboxylic acids is 2. The highest BCUT2D eigenvalue weighted by atomic mass is 79.9. The molecule has 166 valence electrons. The second-order valence-corrected chi connectivity index (χ2v) is 8.24. The van der Waals surface area contributed by atoms with Crippen molar-refractivity contribution in [3.8, 4) is 22.8 Å². The molecule has 0 aliphatic carbocycles. The number of carbonyl (C=O) groups is 2. The van der Waals surface area contributed by atoms with E-state index in [9.17, 15) is 9.59 Å². The van der Waals surface area contributed by atoms with Gasteiger partial charge in [-0.25, -0.2) is 14.5 Å². The van der Waals surface area contributed by atoms with Crippen molar-refractivity contribution in [3.63, 3.8) is 0 Å². The van der Waals surface area contributed by atoms with Gasteiger partial charge in [0.05, 0.1) is 12.8 Å². The van der Waals surface area contributed by atoms with Gasteiger partial charge in [-0.2, -0.15) is 0 Å². The number of ketones is 1. The number of aromatic nitrogens is 3. The van der Waals surface area contributed by atoms with Crippen molar-refractivity contribution in [1.29, 1.82) is 0 Å². The van der Waals surface area contributed by atoms with Crippen LogP contribution in [0.15, 0.2) is 77.3 Å². The minimum absolute atomic E-state index is 0.176. The van der Waals surface area contributed by atoms with E-state index in [0.717, 1.165) is 4.47 Å². The summed E-state index contributed by atoms with van der Waals surface area (Å²) >= 11 is 9.47. The highest BCUT2D eigenvalue weighted by Crippen LogP contribution is 2.25. The second kappa shape index (κ2) is 9.97. The molecule has 0 bridgehead atoms. The van der Waals surface area contributed by atoms with Crippen LogP contribution in [0.5, 0.6) is 5.75 Å². The van der Waals surface area contributed by atoms with Gasteiger partial charge in [0.1, 0.15) is 5.75 Å². The van der Waals surface area contributed by atoms with Crippen molar-refractivity contribution in [1.82, 2.24) is 14.8 Å². The Balaban J connectivity index is 1.61. The van der Waals surface area contributed by atoms with E-state index < -0.39 is 12.6 Å². The molecule has 4 aromatic rings. The summed E-state index contributed by atoms with van der Waals surface area (Å²) in [5.74, 6) is -0.246. The lowest BCUT2D eigenvalue weighted by atomic mass is 10.1. The zero-order valence-corrected chi connectivity index (χ0v) is 19.7. The predicted octanol–water partition coefficient (Wildman–Crippen LogP) is 5.40. The molecule has 0 amide bonds. The standard InChI is InChI=1S/C24H17BrClN3O4/c1-32-20-11-9-19(10-12-20)29-23(16-3-2-4-18(26)13-16)27-22(28-29)24(31)33-14-21(30)15-5-7-17(25)8-6-15/h2-13H,14H2,1H3. The Morgan fingerprint density at radius 3 is 2.42 bits per heavy atom. The third-order valence-electron chi connectivity index (χ3n) is 4.69. The van der Waals surface area contributed by atoms with Crippen LogP contribution in [0.2, 0.25) is 5.02 Å². The largest absolute Gasteiger partial charge is 0.497 e. The highest BCUT2D eigenvalue weighted by molar-refractivity contribution is 9.10. The number of esters is 1. The fourth-order valence-electron chi connectivity index (χ4n) is 3.03. The van der Waals surface area contributed by atoms with Gasteiger partial charge < -0.3 is 9.47 Å². The summed E-state index contributed by atoms with van der Waals surface area (Å²) in [6, 6.07) is 20.9. The summed E-state index contributed by atoms with van der Waals surface area (Å²) in [6.07, 6.45) is 0. The van der Waals surface area contributed by atoms with E-state index in [1.54, 1.807) is 73.8 Å². The molecule has 33 heavy (non-hydrogen) atoms. The average Bonchev–Trinajstić information content (AvgIpc) is 3.28. The fraction of sp³-hybridized carbons (Fsp3) is 0.0833. The third kappa shape index (κ3) is 5.30. The van der Waals surface area contributed by atoms with Crippen LogP contribution in [-0.2, 0) is 4.74 Å². The first-order chi connectivity index (χ1) is 15.9. The van der Waals surface area contributed by atoms with Crippen LogP contribution < -0.4 is 4.74 Å². The first kappa shape index (κ1) is 22.7. The van der Waals surface area contributed by atoms with Crippen LogP contribution in [-0.4, -0.2) is 40.2 Å². The van der Waals surface area contributed by atoms with Crippen molar-refractivity contribution >= 4 is 39.3 Å². The Hall–Kier alpha value is -3.49. The molecule has 0 N–H and O–H groups in total. The third-order valence-corrected chi connectivity index (χ3v) is 5.45. The summed E-state index contributed by atoms with van der Waals surface area (Å²) in [4.78, 5) is 29.4. The summed E-state index contributed by atoms with van der Waals surface area (Å²) in [7, 11) is 1.57. The molecule has 0 aliphatic heterocycles. The van der Waals surface area contributed by atoms with Crippen molar-refractivity contribution < 1.29 is 19.1 Å². The SMILES string of the molecule is COc1ccc(-n2nc(C(=O)OCC(=O)c3ccc(Br)cc3)nc2-c2cccc(Cl)c2)cc1. The van der Waals surface area contributed by atoms with Crippen molar-refractivity contribution in [2.24, 2.45) is 0 Å². The van der Waals surface area contributed by atoms with Crippen molar-refractivity contribution in [2.75, 3.05) is 13.7 Å². The van der Waals surface area contributed by atoms with Crippen molar-refractivity contribution in [2.45, 2.75) is 0 Å². The summed E-state index contributed by atoms with van der Waals surface area (Å²) < 4.78 is 12.8. The number of ether oxygens (including phenoxy) is 2. The molecule has 0 atom stereocenters. The van der Waals surface area contributed by atoms with E-state index in [1.165, 1.54) is 4.68 Å². The lowest BCUT2D eigenvalue weighted by Crippen LogP contribution is -2.15. The molecule has 4 rings (SSSR count). The molecular weight excluding hydrogens is 510 g/mol. The minimum Gasteiger partial charge on any atom is -0.497 e. The predicted molar refractivity (Wildman–Crippen MR) is 127 cm³/mol. The number of halogens is 2. The van der Waals surface area contributed by atoms with Gasteiger partial charge in [-0.05, 0) is 48.5 Å². The molecule has 7 nitrogen and oxygen atoms in total. The maximum Gasteiger partial charge on any atom is 0.378 e. The molecule has 0 fully saturated rings. The Bertz CT molecular complexity index is 1300. The summed E-state index contributed by atoms with van der Waals surface area (Å²) in [6.45, 7) is -0.427. The Kier molecular flexibility index (Phi) is 6.86. The van der Waals surface area contributed by atoms with Gasteiger partial charge in [0.15, 0.2) is 18.2 Å². The van der Waals surface area contributed by atoms with Crippen LogP contribution in [0.25, 0.3) is 17.1 Å². The summed E-state index contributed by atoms with van der Waals surface area (Å²) in [5.41, 5.74) is 1.75. The van der Waals surface area contributed by atoms with E-state index in [0.29, 0.717) is 33.4 Å². The highest BCUT2D eigenvalue weighted by Gasteiger charge is 2.21. The average molecular weight is 527 g/mol. The van der Waals surface area contributed by atoms with Gasteiger partial charge in [-0.1, -0.05) is 51.8 Å². The number of methoxy groups -OCH3 is 1. The molecule has 1 aromatic heterocycles. The normalized spacial score (nSPS) is 10.6. The maximum absolute atomic E-state index is 12.7. The first-order valence-corrected chi connectivity index (χ1v) is 10.9. The number of benzene rings is 3. The Morgan fingerprint density at radius 2 is 1.76 bits per heavy atom. The van der Waals surface area contributed by atoms with Gasteiger partial charge in [-0.15, -0.1) is 5.10 Å². The smallest absolute Gasteiger partial charge is 0.378 e. The number of rotatable bonds is 7. The molecule has 0 saturated carbocycles. The molecule has 0 aliphatic rings. The number of hydrogen-bond donors (Lipinski definition) is 0. The summed E-state index contributed by atoms with van der Waals surface area (Å²) in [5, 5.41) is 4.85. The molecular formula is C24H17BrClN3O4. The Morgan fingerprint density at radius 1 is 1.03 bits per heavy atom. The van der Waals surface area contributed by atoms with Crippen LogP contribution >= 0.6 is 27.5 Å². The number of hydrogen-bond acceptors (Lipinski definition) is 6. The fourth-order valence-corrected chi connectivity index (χ4v) is 3.49. The zero-order valence-electron chi connectivity index (χ0n) is 17.4. The monoisotopic (exact) mass is 525 g/mol. The van der Waals surface area contributed by atoms with E-state index in [-0.39, 0.29) is 11.6 Å². The van der Waals surface area contributed by atoms with Crippen molar-refractivity contribution in [3.05, 3.63) is 93.7 Å². The molecule has 0 spiro atoms. The Labute approximate surface area is 203 Å². The van der Waals surface area contributed by atoms with E-state index >= 15 is 0 Å². The molecule has 9 heteroatoms. The molecule has 1 heterocycles. The van der Waals surface area contributed by atoms with E-state index in [4.69, 9.17) is 21.1 Å². The van der Waals surface area contributed by atoms with Crippen LogP contribution in [0.4, 0.5) is 0 Å². The molecule has 3 aromatic carbocycles. The zero-order chi connectivity index (χ0) is 23.4.